The largest absolute Gasteiger partial charge is 0.460 e. The first-order valence-corrected chi connectivity index (χ1v) is 7.52. The lowest BCUT2D eigenvalue weighted by atomic mass is 10.1. The van der Waals surface area contributed by atoms with Gasteiger partial charge in [0, 0.05) is 13.1 Å². The topological polar surface area (TPSA) is 150 Å². The van der Waals surface area contributed by atoms with Crippen LogP contribution in [0.3, 0.4) is 0 Å². The normalized spacial score (nSPS) is 27.2. The highest BCUT2D eigenvalue weighted by molar-refractivity contribution is 5.82. The summed E-state index contributed by atoms with van der Waals surface area (Å²) in [4.78, 5) is 29.5. The van der Waals surface area contributed by atoms with Crippen LogP contribution in [0.4, 0.5) is 0 Å². The van der Waals surface area contributed by atoms with Crippen LogP contribution in [-0.2, 0) is 14.3 Å². The lowest BCUT2D eigenvalue weighted by Gasteiger charge is -2.21. The van der Waals surface area contributed by atoms with E-state index in [1.165, 1.54) is 30.9 Å². The van der Waals surface area contributed by atoms with E-state index in [4.69, 9.17) is 9.47 Å². The molecule has 3 N–H and O–H groups in total. The van der Waals surface area contributed by atoms with Crippen molar-refractivity contribution in [1.82, 2.24) is 14.5 Å². The van der Waals surface area contributed by atoms with Crippen molar-refractivity contribution in [1.29, 1.82) is 5.26 Å². The summed E-state index contributed by atoms with van der Waals surface area (Å²) in [6.45, 7) is 2.75. The summed E-state index contributed by atoms with van der Waals surface area (Å²) in [6, 6.07) is 1.89. The Kier molecular flexibility index (Phi) is 4.30. The molecule has 0 bridgehead atoms. The second kappa shape index (κ2) is 6.29. The van der Waals surface area contributed by atoms with Crippen molar-refractivity contribution in [2.45, 2.75) is 44.5 Å². The van der Waals surface area contributed by atoms with Gasteiger partial charge in [0.25, 0.3) is 5.56 Å². The summed E-state index contributed by atoms with van der Waals surface area (Å²) >= 11 is 0. The van der Waals surface area contributed by atoms with E-state index in [2.05, 4.69) is 9.97 Å². The van der Waals surface area contributed by atoms with E-state index in [9.17, 15) is 25.1 Å². The first kappa shape index (κ1) is 17.1. The van der Waals surface area contributed by atoms with Crippen molar-refractivity contribution in [2.75, 3.05) is 0 Å². The highest BCUT2D eigenvalue weighted by Crippen LogP contribution is 2.34. The number of nitrogens with one attached hydrogen (secondary N) is 1. The quantitative estimate of drug-likeness (QED) is 0.608. The van der Waals surface area contributed by atoms with Crippen LogP contribution in [0.1, 0.15) is 25.6 Å². The third-order valence-corrected chi connectivity index (χ3v) is 4.10. The van der Waals surface area contributed by atoms with Crippen LogP contribution in [0.25, 0.3) is 11.0 Å². The van der Waals surface area contributed by atoms with Gasteiger partial charge in [-0.05, 0) is 6.92 Å². The number of aromatic amines is 1. The third kappa shape index (κ3) is 2.78. The molecule has 0 spiro atoms. The van der Waals surface area contributed by atoms with E-state index < -0.39 is 42.2 Å². The van der Waals surface area contributed by atoms with Crippen LogP contribution < -0.4 is 5.56 Å². The molecule has 0 radical (unpaired) electrons. The number of esters is 1. The number of aliphatic hydroxyl groups excluding tert-OH is 2. The van der Waals surface area contributed by atoms with Crippen LogP contribution in [0, 0.1) is 11.3 Å². The van der Waals surface area contributed by atoms with Crippen molar-refractivity contribution in [3.8, 4) is 6.07 Å². The molecular formula is C15H16N4O6. The summed E-state index contributed by atoms with van der Waals surface area (Å²) in [7, 11) is 0. The van der Waals surface area contributed by atoms with Gasteiger partial charge in [0.1, 0.15) is 35.9 Å². The Labute approximate surface area is 141 Å². The number of H-pyrrole nitrogens is 1. The Hall–Kier alpha value is -2.74. The molecule has 3 heterocycles. The van der Waals surface area contributed by atoms with Gasteiger partial charge in [0.15, 0.2) is 11.9 Å². The lowest BCUT2D eigenvalue weighted by Crippen LogP contribution is -2.39. The molecule has 0 aromatic carbocycles. The van der Waals surface area contributed by atoms with Crippen molar-refractivity contribution in [2.24, 2.45) is 0 Å². The zero-order valence-electron chi connectivity index (χ0n) is 13.4. The number of carbonyl (C=O) groups excluding carboxylic acids is 1. The molecule has 0 unspecified atom stereocenters. The Morgan fingerprint density at radius 2 is 2.24 bits per heavy atom. The molecule has 0 amide bonds. The second-order valence-electron chi connectivity index (χ2n) is 5.78. The standard InChI is InChI=1S/C15H16N4O6/c1-6(24-7(2)20)12-10(21)11(22)15(25-12)19-4-8(3-16)9-13(19)17-5-18-14(9)23/h4-6,10-12,15,21-22H,1-2H3,(H,17,18,23)/t6-,10-,11+,12+,15+/m0/s1. The van der Waals surface area contributed by atoms with E-state index in [1.54, 1.807) is 0 Å². The monoisotopic (exact) mass is 348 g/mol. The summed E-state index contributed by atoms with van der Waals surface area (Å²) in [5.74, 6) is -0.548. The molecular weight excluding hydrogens is 332 g/mol. The lowest BCUT2D eigenvalue weighted by molar-refractivity contribution is -0.157. The molecule has 3 rings (SSSR count). The molecule has 10 heteroatoms. The number of carbonyl (C=O) groups is 1. The number of ether oxygens (including phenoxy) is 2. The molecule has 132 valence electrons. The molecule has 5 atom stereocenters. The zero-order chi connectivity index (χ0) is 18.3. The minimum absolute atomic E-state index is 0.0612. The van der Waals surface area contributed by atoms with E-state index in [-0.39, 0.29) is 16.6 Å². The van der Waals surface area contributed by atoms with Crippen molar-refractivity contribution in [3.05, 3.63) is 28.4 Å². The van der Waals surface area contributed by atoms with Crippen molar-refractivity contribution in [3.63, 3.8) is 0 Å². The zero-order valence-corrected chi connectivity index (χ0v) is 13.4. The fourth-order valence-electron chi connectivity index (χ4n) is 3.00. The number of aliphatic hydroxyl groups is 2. The van der Waals surface area contributed by atoms with E-state index in [1.807, 2.05) is 6.07 Å². The summed E-state index contributed by atoms with van der Waals surface area (Å²) in [5, 5.41) is 29.9. The second-order valence-corrected chi connectivity index (χ2v) is 5.78. The minimum Gasteiger partial charge on any atom is -0.460 e. The molecule has 1 saturated heterocycles. The number of fused-ring (bicyclic) bond motifs is 1. The first-order chi connectivity index (χ1) is 11.8. The number of aromatic nitrogens is 3. The average Bonchev–Trinajstić information content (AvgIpc) is 3.07. The average molecular weight is 348 g/mol. The molecule has 2 aromatic heterocycles. The summed E-state index contributed by atoms with van der Waals surface area (Å²) in [6.07, 6.45) is -3.09. The Bertz CT molecular complexity index is 913. The maximum atomic E-state index is 12.0. The van der Waals surface area contributed by atoms with Crippen LogP contribution in [-0.4, -0.2) is 55.1 Å². The van der Waals surface area contributed by atoms with Crippen LogP contribution >= 0.6 is 0 Å². The van der Waals surface area contributed by atoms with E-state index >= 15 is 0 Å². The molecule has 1 aliphatic rings. The number of nitrogens with zero attached hydrogens (tertiary/aromatic N) is 3. The fraction of sp³-hybridized carbons (Fsp3) is 0.467. The fourth-order valence-corrected chi connectivity index (χ4v) is 3.00. The molecule has 0 aliphatic carbocycles. The van der Waals surface area contributed by atoms with Gasteiger partial charge in [-0.3, -0.25) is 9.59 Å². The third-order valence-electron chi connectivity index (χ3n) is 4.10. The number of hydrogen-bond donors (Lipinski definition) is 3. The van der Waals surface area contributed by atoms with Crippen molar-refractivity contribution < 1.29 is 24.5 Å². The Morgan fingerprint density at radius 1 is 1.52 bits per heavy atom. The van der Waals surface area contributed by atoms with Crippen LogP contribution in [0.15, 0.2) is 17.3 Å². The van der Waals surface area contributed by atoms with Crippen LogP contribution in [0.2, 0.25) is 0 Å². The van der Waals surface area contributed by atoms with Gasteiger partial charge in [-0.2, -0.15) is 5.26 Å². The number of hydrogen-bond acceptors (Lipinski definition) is 8. The first-order valence-electron chi connectivity index (χ1n) is 7.52. The predicted octanol–water partition coefficient (Wildman–Crippen LogP) is -0.833. The minimum atomic E-state index is -1.37. The smallest absolute Gasteiger partial charge is 0.302 e. The molecule has 1 aliphatic heterocycles. The SMILES string of the molecule is CC(=O)O[C@@H](C)[C@H]1O[C@@H](n2cc(C#N)c3c(=O)[nH]cnc32)[C@H](O)[C@@H]1O. The van der Waals surface area contributed by atoms with Gasteiger partial charge in [-0.15, -0.1) is 0 Å². The van der Waals surface area contributed by atoms with Gasteiger partial charge in [-0.25, -0.2) is 4.98 Å². The molecule has 25 heavy (non-hydrogen) atoms. The van der Waals surface area contributed by atoms with Gasteiger partial charge in [-0.1, -0.05) is 0 Å². The summed E-state index contributed by atoms with van der Waals surface area (Å²) in [5.41, 5.74) is -0.304. The molecule has 0 saturated carbocycles. The summed E-state index contributed by atoms with van der Waals surface area (Å²) < 4.78 is 12.0. The molecule has 2 aromatic rings. The van der Waals surface area contributed by atoms with E-state index in [0.717, 1.165) is 0 Å². The molecule has 1 fully saturated rings. The Balaban J connectivity index is 2.02. The van der Waals surface area contributed by atoms with Gasteiger partial charge in [0.2, 0.25) is 0 Å². The number of rotatable bonds is 3. The van der Waals surface area contributed by atoms with Crippen molar-refractivity contribution >= 4 is 17.0 Å². The highest BCUT2D eigenvalue weighted by atomic mass is 16.6. The highest BCUT2D eigenvalue weighted by Gasteiger charge is 2.47. The van der Waals surface area contributed by atoms with Gasteiger partial charge < -0.3 is 29.2 Å². The maximum Gasteiger partial charge on any atom is 0.302 e. The predicted molar refractivity (Wildman–Crippen MR) is 82.2 cm³/mol. The van der Waals surface area contributed by atoms with Gasteiger partial charge >= 0.3 is 5.97 Å². The van der Waals surface area contributed by atoms with Crippen LogP contribution in [0.5, 0.6) is 0 Å². The number of nitriles is 1. The van der Waals surface area contributed by atoms with E-state index in [0.29, 0.717) is 0 Å². The van der Waals surface area contributed by atoms with Gasteiger partial charge in [0.05, 0.1) is 11.9 Å². The molecule has 10 nitrogen and oxygen atoms in total. The maximum absolute atomic E-state index is 12.0. The Morgan fingerprint density at radius 3 is 2.88 bits per heavy atom.